The molecule has 2 bridgehead atoms. The van der Waals surface area contributed by atoms with Gasteiger partial charge in [-0.25, -0.2) is 22.0 Å². The quantitative estimate of drug-likeness (QED) is 0.264. The van der Waals surface area contributed by atoms with Gasteiger partial charge in [0.15, 0.2) is 29.1 Å². The van der Waals surface area contributed by atoms with E-state index in [0.717, 1.165) is 0 Å². The normalized spacial score (nSPS) is 30.9. The van der Waals surface area contributed by atoms with Crippen LogP contribution in [0.25, 0.3) is 0 Å². The third kappa shape index (κ3) is 1.75. The van der Waals surface area contributed by atoms with Crippen molar-refractivity contribution in [3.8, 4) is 0 Å². The molecule has 7 heteroatoms. The first-order chi connectivity index (χ1) is 11.0. The standard InChI is InChI=1S/C17H15F5O2/c1-16(2)6-4-5-17(16,3)15(24)7(6)14(23)8-9(18)11(20)13(22)12(21)10(8)19/h6-7H,4-5H2,1-3H3. The monoisotopic (exact) mass is 346 g/mol. The zero-order valence-corrected chi connectivity index (χ0v) is 13.3. The Kier molecular flexibility index (Phi) is 3.45. The lowest BCUT2D eigenvalue weighted by Crippen LogP contribution is -2.36. The Balaban J connectivity index is 2.15. The van der Waals surface area contributed by atoms with Gasteiger partial charge in [0, 0.05) is 5.41 Å². The maximum atomic E-state index is 13.9. The van der Waals surface area contributed by atoms with Gasteiger partial charge in [-0.05, 0) is 24.2 Å². The molecule has 2 aliphatic carbocycles. The summed E-state index contributed by atoms with van der Waals surface area (Å²) in [6.07, 6.45) is 1.02. The van der Waals surface area contributed by atoms with E-state index in [1.54, 1.807) is 20.8 Å². The molecule has 0 heterocycles. The van der Waals surface area contributed by atoms with Crippen LogP contribution in [0.4, 0.5) is 22.0 Å². The van der Waals surface area contributed by atoms with Crippen LogP contribution in [-0.4, -0.2) is 11.6 Å². The average Bonchev–Trinajstić information content (AvgIpc) is 2.83. The van der Waals surface area contributed by atoms with Crippen LogP contribution in [0.1, 0.15) is 44.0 Å². The number of hydrogen-bond acceptors (Lipinski definition) is 2. The van der Waals surface area contributed by atoms with Gasteiger partial charge in [0.1, 0.15) is 5.78 Å². The van der Waals surface area contributed by atoms with E-state index >= 15 is 0 Å². The fourth-order valence-electron chi connectivity index (χ4n) is 4.36. The molecule has 2 aliphatic rings. The second-order valence-corrected chi connectivity index (χ2v) is 7.35. The molecule has 3 atom stereocenters. The van der Waals surface area contributed by atoms with Crippen LogP contribution in [0.5, 0.6) is 0 Å². The van der Waals surface area contributed by atoms with Crippen LogP contribution >= 0.6 is 0 Å². The molecular weight excluding hydrogens is 331 g/mol. The number of Topliss-reactive ketones (excluding diaryl/α,β-unsaturated/α-hetero) is 2. The highest BCUT2D eigenvalue weighted by Crippen LogP contribution is 2.66. The highest BCUT2D eigenvalue weighted by Gasteiger charge is 2.68. The van der Waals surface area contributed by atoms with Crippen LogP contribution in [0.2, 0.25) is 0 Å². The number of hydrogen-bond donors (Lipinski definition) is 0. The molecule has 0 saturated heterocycles. The SMILES string of the molecule is CC12CCC(C(C(=O)c3c(F)c(F)c(F)c(F)c3F)C1=O)C2(C)C. The zero-order chi connectivity index (χ0) is 18.2. The molecule has 130 valence electrons. The van der Waals surface area contributed by atoms with E-state index in [0.29, 0.717) is 12.8 Å². The molecule has 0 aliphatic heterocycles. The van der Waals surface area contributed by atoms with Gasteiger partial charge >= 0.3 is 0 Å². The van der Waals surface area contributed by atoms with Crippen molar-refractivity contribution in [1.82, 2.24) is 0 Å². The summed E-state index contributed by atoms with van der Waals surface area (Å²) in [5, 5.41) is 0. The summed E-state index contributed by atoms with van der Waals surface area (Å²) >= 11 is 0. The lowest BCUT2D eigenvalue weighted by molar-refractivity contribution is -0.130. The first-order valence-corrected chi connectivity index (χ1v) is 7.56. The van der Waals surface area contributed by atoms with Crippen LogP contribution in [0.3, 0.4) is 0 Å². The summed E-state index contributed by atoms with van der Waals surface area (Å²) < 4.78 is 67.7. The molecule has 0 spiro atoms. The molecule has 0 radical (unpaired) electrons. The molecule has 2 fully saturated rings. The van der Waals surface area contributed by atoms with E-state index in [1.807, 2.05) is 0 Å². The summed E-state index contributed by atoms with van der Waals surface area (Å²) in [5.41, 5.74) is -2.95. The minimum atomic E-state index is -2.33. The Hall–Kier alpha value is -1.79. The number of rotatable bonds is 2. The van der Waals surface area contributed by atoms with Crippen LogP contribution in [0, 0.1) is 51.8 Å². The van der Waals surface area contributed by atoms with Crippen molar-refractivity contribution < 1.29 is 31.5 Å². The molecule has 24 heavy (non-hydrogen) atoms. The Bertz CT molecular complexity index is 757. The minimum absolute atomic E-state index is 0.487. The topological polar surface area (TPSA) is 34.1 Å². The fraction of sp³-hybridized carbons (Fsp3) is 0.529. The largest absolute Gasteiger partial charge is 0.298 e. The van der Waals surface area contributed by atoms with Gasteiger partial charge in [-0.15, -0.1) is 0 Å². The highest BCUT2D eigenvalue weighted by atomic mass is 19.2. The predicted octanol–water partition coefficient (Wildman–Crippen LogP) is 4.21. The van der Waals surface area contributed by atoms with Gasteiger partial charge in [0.05, 0.1) is 11.5 Å². The lowest BCUT2D eigenvalue weighted by Gasteiger charge is -2.32. The van der Waals surface area contributed by atoms with Crippen molar-refractivity contribution >= 4 is 11.6 Å². The molecule has 2 nitrogen and oxygen atoms in total. The van der Waals surface area contributed by atoms with Crippen molar-refractivity contribution in [3.05, 3.63) is 34.6 Å². The summed E-state index contributed by atoms with van der Waals surface area (Å²) in [4.78, 5) is 25.2. The Morgan fingerprint density at radius 1 is 0.917 bits per heavy atom. The number of carbonyl (C=O) groups excluding carboxylic acids is 2. The fourth-order valence-corrected chi connectivity index (χ4v) is 4.36. The van der Waals surface area contributed by atoms with E-state index in [2.05, 4.69) is 0 Å². The van der Waals surface area contributed by atoms with Crippen molar-refractivity contribution in [2.24, 2.45) is 22.7 Å². The third-order valence-corrected chi connectivity index (χ3v) is 6.27. The summed E-state index contributed by atoms with van der Waals surface area (Å²) in [5.74, 6) is -14.7. The number of carbonyl (C=O) groups is 2. The summed E-state index contributed by atoms with van der Waals surface area (Å²) in [7, 11) is 0. The van der Waals surface area contributed by atoms with Gasteiger partial charge in [-0.3, -0.25) is 9.59 Å². The molecule has 1 aromatic rings. The molecule has 0 aromatic heterocycles. The average molecular weight is 346 g/mol. The van der Waals surface area contributed by atoms with Crippen molar-refractivity contribution in [2.75, 3.05) is 0 Å². The molecule has 3 rings (SSSR count). The van der Waals surface area contributed by atoms with Crippen LogP contribution in [0.15, 0.2) is 0 Å². The molecule has 0 N–H and O–H groups in total. The first-order valence-electron chi connectivity index (χ1n) is 7.56. The predicted molar refractivity (Wildman–Crippen MR) is 73.7 cm³/mol. The maximum Gasteiger partial charge on any atom is 0.200 e. The van der Waals surface area contributed by atoms with E-state index in [-0.39, 0.29) is 0 Å². The Labute approximate surface area is 135 Å². The Morgan fingerprint density at radius 3 is 1.79 bits per heavy atom. The van der Waals surface area contributed by atoms with E-state index in [9.17, 15) is 31.5 Å². The molecular formula is C17H15F5O2. The zero-order valence-electron chi connectivity index (χ0n) is 13.3. The third-order valence-electron chi connectivity index (χ3n) is 6.27. The highest BCUT2D eigenvalue weighted by molar-refractivity contribution is 6.14. The van der Waals surface area contributed by atoms with E-state index in [4.69, 9.17) is 0 Å². The minimum Gasteiger partial charge on any atom is -0.298 e. The number of ketones is 2. The number of benzene rings is 1. The number of fused-ring (bicyclic) bond motifs is 2. The van der Waals surface area contributed by atoms with Crippen LogP contribution < -0.4 is 0 Å². The van der Waals surface area contributed by atoms with Gasteiger partial charge in [-0.1, -0.05) is 20.8 Å². The maximum absolute atomic E-state index is 13.9. The smallest absolute Gasteiger partial charge is 0.200 e. The number of halogens is 5. The Morgan fingerprint density at radius 2 is 1.38 bits per heavy atom. The molecule has 2 saturated carbocycles. The second-order valence-electron chi connectivity index (χ2n) is 7.35. The van der Waals surface area contributed by atoms with Crippen molar-refractivity contribution in [2.45, 2.75) is 33.6 Å². The van der Waals surface area contributed by atoms with Crippen LogP contribution in [-0.2, 0) is 4.79 Å². The second kappa shape index (κ2) is 4.86. The summed E-state index contributed by atoms with van der Waals surface area (Å²) in [6.45, 7) is 5.25. The first kappa shape index (κ1) is 17.0. The van der Waals surface area contributed by atoms with E-state index < -0.39 is 68.9 Å². The molecule has 0 amide bonds. The molecule has 1 aromatic carbocycles. The van der Waals surface area contributed by atoms with Crippen molar-refractivity contribution in [1.29, 1.82) is 0 Å². The van der Waals surface area contributed by atoms with Crippen molar-refractivity contribution in [3.63, 3.8) is 0 Å². The van der Waals surface area contributed by atoms with Gasteiger partial charge in [0.25, 0.3) is 0 Å². The van der Waals surface area contributed by atoms with Gasteiger partial charge in [0.2, 0.25) is 5.82 Å². The molecule has 3 unspecified atom stereocenters. The lowest BCUT2D eigenvalue weighted by atomic mass is 9.70. The summed E-state index contributed by atoms with van der Waals surface area (Å²) in [6, 6.07) is 0. The van der Waals surface area contributed by atoms with E-state index in [1.165, 1.54) is 0 Å². The van der Waals surface area contributed by atoms with Gasteiger partial charge in [-0.2, -0.15) is 0 Å². The van der Waals surface area contributed by atoms with Gasteiger partial charge < -0.3 is 0 Å².